The second kappa shape index (κ2) is 5.07. The van der Waals surface area contributed by atoms with Crippen LogP contribution in [-0.4, -0.2) is 18.0 Å². The maximum atomic E-state index is 10.6. The number of rotatable bonds is 3. The number of non-ortho nitro benzene ring substituents is 1. The lowest BCUT2D eigenvalue weighted by molar-refractivity contribution is -0.384. The summed E-state index contributed by atoms with van der Waals surface area (Å²) in [5.74, 6) is 0.621. The van der Waals surface area contributed by atoms with Gasteiger partial charge in [-0.1, -0.05) is 12.1 Å². The molecule has 0 aromatic heterocycles. The zero-order valence-corrected chi connectivity index (χ0v) is 9.19. The van der Waals surface area contributed by atoms with Crippen molar-refractivity contribution in [2.45, 2.75) is 19.3 Å². The zero-order chi connectivity index (χ0) is 11.4. The first-order valence-electron chi connectivity index (χ1n) is 5.70. The first-order chi connectivity index (χ1) is 7.75. The Kier molecular flexibility index (Phi) is 3.51. The van der Waals surface area contributed by atoms with Crippen molar-refractivity contribution in [1.29, 1.82) is 0 Å². The molecule has 0 spiro atoms. The highest BCUT2D eigenvalue weighted by Gasteiger charge is 2.14. The number of nitro groups is 1. The van der Waals surface area contributed by atoms with Gasteiger partial charge in [-0.05, 0) is 43.8 Å². The van der Waals surface area contributed by atoms with E-state index in [1.54, 1.807) is 18.2 Å². The highest BCUT2D eigenvalue weighted by atomic mass is 16.6. The summed E-state index contributed by atoms with van der Waals surface area (Å²) in [5.41, 5.74) is 1.27. The van der Waals surface area contributed by atoms with Crippen LogP contribution in [0.2, 0.25) is 0 Å². The van der Waals surface area contributed by atoms with Gasteiger partial charge in [0.05, 0.1) is 4.92 Å². The minimum atomic E-state index is -0.331. The quantitative estimate of drug-likeness (QED) is 0.627. The van der Waals surface area contributed by atoms with Crippen molar-refractivity contribution in [3.05, 3.63) is 39.9 Å². The molecule has 1 fully saturated rings. The van der Waals surface area contributed by atoms with Gasteiger partial charge in [-0.15, -0.1) is 0 Å². The fourth-order valence-electron chi connectivity index (χ4n) is 2.23. The molecule has 1 aliphatic rings. The smallest absolute Gasteiger partial charge is 0.269 e. The number of hydrogen-bond donors (Lipinski definition) is 1. The van der Waals surface area contributed by atoms with Gasteiger partial charge in [0.25, 0.3) is 5.69 Å². The Labute approximate surface area is 94.8 Å². The van der Waals surface area contributed by atoms with Crippen molar-refractivity contribution in [1.82, 2.24) is 5.32 Å². The van der Waals surface area contributed by atoms with Gasteiger partial charge in [-0.2, -0.15) is 0 Å². The van der Waals surface area contributed by atoms with Crippen molar-refractivity contribution < 1.29 is 4.92 Å². The van der Waals surface area contributed by atoms with Gasteiger partial charge in [0, 0.05) is 12.1 Å². The zero-order valence-electron chi connectivity index (χ0n) is 9.19. The monoisotopic (exact) mass is 220 g/mol. The summed E-state index contributed by atoms with van der Waals surface area (Å²) < 4.78 is 0. The van der Waals surface area contributed by atoms with E-state index in [2.05, 4.69) is 5.32 Å². The first-order valence-corrected chi connectivity index (χ1v) is 5.70. The molecule has 1 N–H and O–H groups in total. The van der Waals surface area contributed by atoms with Crippen LogP contribution in [0.25, 0.3) is 0 Å². The standard InChI is InChI=1S/C12H16N2O2/c15-14(16)12-5-1-3-10(8-12)7-11-4-2-6-13-9-11/h1,3,5,8,11,13H,2,4,6-7,9H2. The summed E-state index contributed by atoms with van der Waals surface area (Å²) in [6.07, 6.45) is 3.37. The van der Waals surface area contributed by atoms with E-state index in [0.717, 1.165) is 25.1 Å². The van der Waals surface area contributed by atoms with Gasteiger partial charge in [0.1, 0.15) is 0 Å². The Bertz CT molecular complexity index is 373. The predicted octanol–water partition coefficient (Wildman–Crippen LogP) is 2.14. The van der Waals surface area contributed by atoms with Crippen LogP contribution in [0.3, 0.4) is 0 Å². The van der Waals surface area contributed by atoms with Gasteiger partial charge >= 0.3 is 0 Å². The molecule has 0 amide bonds. The third-order valence-corrected chi connectivity index (χ3v) is 3.04. The van der Waals surface area contributed by atoms with E-state index in [9.17, 15) is 10.1 Å². The third-order valence-electron chi connectivity index (χ3n) is 3.04. The summed E-state index contributed by atoms with van der Waals surface area (Å²) in [6.45, 7) is 2.13. The first kappa shape index (κ1) is 11.1. The maximum Gasteiger partial charge on any atom is 0.269 e. The molecule has 0 saturated carbocycles. The van der Waals surface area contributed by atoms with Crippen LogP contribution in [-0.2, 0) is 6.42 Å². The van der Waals surface area contributed by atoms with Crippen LogP contribution < -0.4 is 5.32 Å². The summed E-state index contributed by atoms with van der Waals surface area (Å²) in [6, 6.07) is 6.97. The molecule has 1 heterocycles. The van der Waals surface area contributed by atoms with E-state index in [0.29, 0.717) is 5.92 Å². The molecule has 4 heteroatoms. The number of nitrogens with one attached hydrogen (secondary N) is 1. The van der Waals surface area contributed by atoms with Gasteiger partial charge < -0.3 is 5.32 Å². The highest BCUT2D eigenvalue weighted by molar-refractivity contribution is 5.34. The molecule has 1 aromatic carbocycles. The molecular weight excluding hydrogens is 204 g/mol. The molecular formula is C12H16N2O2. The number of benzene rings is 1. The second-order valence-corrected chi connectivity index (χ2v) is 4.34. The van der Waals surface area contributed by atoms with Crippen molar-refractivity contribution in [2.75, 3.05) is 13.1 Å². The molecule has 4 nitrogen and oxygen atoms in total. The Morgan fingerprint density at radius 3 is 3.06 bits per heavy atom. The minimum Gasteiger partial charge on any atom is -0.316 e. The average Bonchev–Trinajstić information content (AvgIpc) is 2.30. The van der Waals surface area contributed by atoms with Crippen molar-refractivity contribution in [2.24, 2.45) is 5.92 Å². The van der Waals surface area contributed by atoms with Gasteiger partial charge in [0.15, 0.2) is 0 Å². The summed E-state index contributed by atoms with van der Waals surface area (Å²) in [7, 11) is 0. The van der Waals surface area contributed by atoms with E-state index in [1.807, 2.05) is 6.07 Å². The van der Waals surface area contributed by atoms with Crippen molar-refractivity contribution in [3.63, 3.8) is 0 Å². The van der Waals surface area contributed by atoms with Crippen LogP contribution in [0.4, 0.5) is 5.69 Å². The Morgan fingerprint density at radius 1 is 1.50 bits per heavy atom. The van der Waals surface area contributed by atoms with Crippen molar-refractivity contribution in [3.8, 4) is 0 Å². The number of nitro benzene ring substituents is 1. The van der Waals surface area contributed by atoms with Crippen LogP contribution in [0.15, 0.2) is 24.3 Å². The fourth-order valence-corrected chi connectivity index (χ4v) is 2.23. The molecule has 1 atom stereocenters. The number of hydrogen-bond acceptors (Lipinski definition) is 3. The topological polar surface area (TPSA) is 55.2 Å². The normalized spacial score (nSPS) is 20.6. The molecule has 0 aliphatic carbocycles. The van der Waals surface area contributed by atoms with Crippen LogP contribution in [0, 0.1) is 16.0 Å². The lowest BCUT2D eigenvalue weighted by atomic mass is 9.92. The fraction of sp³-hybridized carbons (Fsp3) is 0.500. The summed E-state index contributed by atoms with van der Waals surface area (Å²) in [5, 5.41) is 14.0. The Balaban J connectivity index is 2.02. The molecule has 1 aromatic rings. The van der Waals surface area contributed by atoms with E-state index < -0.39 is 0 Å². The molecule has 1 saturated heterocycles. The van der Waals surface area contributed by atoms with E-state index in [4.69, 9.17) is 0 Å². The lowest BCUT2D eigenvalue weighted by Crippen LogP contribution is -2.30. The molecule has 2 rings (SSSR count). The largest absolute Gasteiger partial charge is 0.316 e. The van der Waals surface area contributed by atoms with Crippen LogP contribution in [0.1, 0.15) is 18.4 Å². The van der Waals surface area contributed by atoms with Gasteiger partial charge in [-0.25, -0.2) is 0 Å². The van der Waals surface area contributed by atoms with Crippen LogP contribution >= 0.6 is 0 Å². The van der Waals surface area contributed by atoms with Gasteiger partial charge in [-0.3, -0.25) is 10.1 Å². The van der Waals surface area contributed by atoms with Gasteiger partial charge in [0.2, 0.25) is 0 Å². The summed E-state index contributed by atoms with van der Waals surface area (Å²) in [4.78, 5) is 10.3. The Hall–Kier alpha value is -1.42. The molecule has 1 unspecified atom stereocenters. The highest BCUT2D eigenvalue weighted by Crippen LogP contribution is 2.19. The SMILES string of the molecule is O=[N+]([O-])c1cccc(CC2CCCNC2)c1. The summed E-state index contributed by atoms with van der Waals surface area (Å²) >= 11 is 0. The van der Waals surface area contributed by atoms with E-state index in [-0.39, 0.29) is 10.6 Å². The predicted molar refractivity (Wildman–Crippen MR) is 62.4 cm³/mol. The lowest BCUT2D eigenvalue weighted by Gasteiger charge is -2.22. The average molecular weight is 220 g/mol. The maximum absolute atomic E-state index is 10.6. The van der Waals surface area contributed by atoms with Crippen LogP contribution in [0.5, 0.6) is 0 Å². The Morgan fingerprint density at radius 2 is 2.38 bits per heavy atom. The van der Waals surface area contributed by atoms with Crippen molar-refractivity contribution >= 4 is 5.69 Å². The number of piperidine rings is 1. The molecule has 16 heavy (non-hydrogen) atoms. The third kappa shape index (κ3) is 2.79. The second-order valence-electron chi connectivity index (χ2n) is 4.34. The number of nitrogens with zero attached hydrogens (tertiary/aromatic N) is 1. The van der Waals surface area contributed by atoms with E-state index >= 15 is 0 Å². The minimum absolute atomic E-state index is 0.196. The molecule has 0 radical (unpaired) electrons. The molecule has 1 aliphatic heterocycles. The van der Waals surface area contributed by atoms with E-state index in [1.165, 1.54) is 12.8 Å². The molecule has 0 bridgehead atoms. The molecule has 86 valence electrons.